The monoisotopic (exact) mass is 208 g/mol. The van der Waals surface area contributed by atoms with E-state index in [0.29, 0.717) is 0 Å². The van der Waals surface area contributed by atoms with Crippen molar-refractivity contribution in [3.63, 3.8) is 0 Å². The smallest absolute Gasteiger partial charge is 0.216 e. The summed E-state index contributed by atoms with van der Waals surface area (Å²) in [6, 6.07) is 7.71. The lowest BCUT2D eigenvalue weighted by molar-refractivity contribution is 0.109. The van der Waals surface area contributed by atoms with Gasteiger partial charge in [-0.3, -0.25) is 4.79 Å². The second kappa shape index (κ2) is 5.86. The van der Waals surface area contributed by atoms with Gasteiger partial charge in [-0.05, 0) is 18.4 Å². The van der Waals surface area contributed by atoms with E-state index in [4.69, 9.17) is 0 Å². The molecule has 0 unspecified atom stereocenters. The van der Waals surface area contributed by atoms with Crippen molar-refractivity contribution < 1.29 is 4.79 Å². The molecule has 1 aromatic rings. The van der Waals surface area contributed by atoms with Crippen LogP contribution in [0.3, 0.4) is 0 Å². The van der Waals surface area contributed by atoms with E-state index >= 15 is 0 Å². The van der Waals surface area contributed by atoms with Crippen LogP contribution >= 0.6 is 12.6 Å². The van der Waals surface area contributed by atoms with Crippen molar-refractivity contribution in [2.24, 2.45) is 0 Å². The number of rotatable bonds is 5. The highest BCUT2D eigenvalue weighted by molar-refractivity contribution is 7.97. The second-order valence-electron chi connectivity index (χ2n) is 3.42. The van der Waals surface area contributed by atoms with Crippen molar-refractivity contribution >= 4 is 17.7 Å². The molecule has 14 heavy (non-hydrogen) atoms. The van der Waals surface area contributed by atoms with Gasteiger partial charge in [0.2, 0.25) is 5.12 Å². The van der Waals surface area contributed by atoms with Gasteiger partial charge in [0.05, 0.1) is 0 Å². The van der Waals surface area contributed by atoms with Crippen LogP contribution in [-0.2, 0) is 6.42 Å². The largest absolute Gasteiger partial charge is 0.282 e. The molecular formula is C12H16OS. The zero-order chi connectivity index (χ0) is 10.4. The van der Waals surface area contributed by atoms with Crippen molar-refractivity contribution in [3.8, 4) is 0 Å². The predicted octanol–water partition coefficient (Wildman–Crippen LogP) is 3.49. The number of carbonyl (C=O) groups excluding carboxylic acids is 1. The van der Waals surface area contributed by atoms with Gasteiger partial charge in [0, 0.05) is 5.56 Å². The van der Waals surface area contributed by atoms with Gasteiger partial charge in [0.25, 0.3) is 0 Å². The lowest BCUT2D eigenvalue weighted by Gasteiger charge is -2.05. The summed E-state index contributed by atoms with van der Waals surface area (Å²) in [5, 5.41) is -0.128. The van der Waals surface area contributed by atoms with Gasteiger partial charge in [-0.1, -0.05) is 44.0 Å². The van der Waals surface area contributed by atoms with Crippen molar-refractivity contribution in [3.05, 3.63) is 35.4 Å². The highest BCUT2D eigenvalue weighted by atomic mass is 32.1. The minimum Gasteiger partial charge on any atom is -0.282 e. The maximum atomic E-state index is 11.2. The highest BCUT2D eigenvalue weighted by Crippen LogP contribution is 2.14. The average Bonchev–Trinajstić information content (AvgIpc) is 2.19. The molecule has 1 aromatic carbocycles. The summed E-state index contributed by atoms with van der Waals surface area (Å²) < 4.78 is 0. The molecule has 0 aliphatic rings. The number of benzene rings is 1. The lowest BCUT2D eigenvalue weighted by atomic mass is 10.0. The summed E-state index contributed by atoms with van der Waals surface area (Å²) >= 11 is 3.86. The first-order chi connectivity index (χ1) is 6.75. The molecule has 0 radical (unpaired) electrons. The van der Waals surface area contributed by atoms with Crippen LogP contribution in [0.15, 0.2) is 24.3 Å². The van der Waals surface area contributed by atoms with Crippen LogP contribution in [0.25, 0.3) is 0 Å². The maximum absolute atomic E-state index is 11.2. The van der Waals surface area contributed by atoms with Gasteiger partial charge in [-0.25, -0.2) is 0 Å². The maximum Gasteiger partial charge on any atom is 0.216 e. The molecule has 0 aliphatic heterocycles. The van der Waals surface area contributed by atoms with Crippen molar-refractivity contribution in [1.29, 1.82) is 0 Å². The quantitative estimate of drug-likeness (QED) is 0.579. The third kappa shape index (κ3) is 3.18. The van der Waals surface area contributed by atoms with Crippen molar-refractivity contribution in [2.75, 3.05) is 0 Å². The first kappa shape index (κ1) is 11.3. The molecule has 0 atom stereocenters. The van der Waals surface area contributed by atoms with Gasteiger partial charge in [-0.15, -0.1) is 12.6 Å². The molecule has 0 saturated carbocycles. The van der Waals surface area contributed by atoms with E-state index in [9.17, 15) is 4.79 Å². The first-order valence-corrected chi connectivity index (χ1v) is 5.51. The molecule has 0 bridgehead atoms. The molecule has 1 nitrogen and oxygen atoms in total. The van der Waals surface area contributed by atoms with E-state index in [-0.39, 0.29) is 5.12 Å². The van der Waals surface area contributed by atoms with Crippen LogP contribution in [0, 0.1) is 0 Å². The standard InChI is InChI=1S/C12H16OS/c1-2-3-4-7-10-8-5-6-9-11(10)12(13)14/h5-6,8-9H,2-4,7H2,1H3,(H,13,14). The van der Waals surface area contributed by atoms with Gasteiger partial charge in [0.15, 0.2) is 0 Å². The molecule has 0 N–H and O–H groups in total. The lowest BCUT2D eigenvalue weighted by Crippen LogP contribution is -1.97. The van der Waals surface area contributed by atoms with Crippen LogP contribution < -0.4 is 0 Å². The summed E-state index contributed by atoms with van der Waals surface area (Å²) in [7, 11) is 0. The molecule has 0 amide bonds. The molecule has 76 valence electrons. The van der Waals surface area contributed by atoms with Gasteiger partial charge >= 0.3 is 0 Å². The summed E-state index contributed by atoms with van der Waals surface area (Å²) in [6.45, 7) is 2.18. The zero-order valence-electron chi connectivity index (χ0n) is 8.49. The SMILES string of the molecule is CCCCCc1ccccc1C(=O)S. The predicted molar refractivity (Wildman–Crippen MR) is 63.0 cm³/mol. The molecule has 0 saturated heterocycles. The van der Waals surface area contributed by atoms with E-state index in [1.807, 2.05) is 24.3 Å². The van der Waals surface area contributed by atoms with Gasteiger partial charge < -0.3 is 0 Å². The van der Waals surface area contributed by atoms with Crippen LogP contribution in [0.4, 0.5) is 0 Å². The Morgan fingerprint density at radius 3 is 2.64 bits per heavy atom. The second-order valence-corrected chi connectivity index (χ2v) is 3.83. The minimum absolute atomic E-state index is 0.128. The van der Waals surface area contributed by atoms with Crippen LogP contribution in [0.2, 0.25) is 0 Å². The zero-order valence-corrected chi connectivity index (χ0v) is 9.39. The average molecular weight is 208 g/mol. The topological polar surface area (TPSA) is 17.1 Å². The van der Waals surface area contributed by atoms with Crippen LogP contribution in [0.1, 0.15) is 42.1 Å². The van der Waals surface area contributed by atoms with E-state index < -0.39 is 0 Å². The van der Waals surface area contributed by atoms with Gasteiger partial charge in [-0.2, -0.15) is 0 Å². The number of aryl methyl sites for hydroxylation is 1. The molecule has 0 heterocycles. The number of hydrogen-bond acceptors (Lipinski definition) is 1. The third-order valence-electron chi connectivity index (χ3n) is 2.30. The third-order valence-corrected chi connectivity index (χ3v) is 2.54. The Morgan fingerprint density at radius 1 is 1.29 bits per heavy atom. The summed E-state index contributed by atoms with van der Waals surface area (Å²) in [6.07, 6.45) is 4.55. The molecular weight excluding hydrogens is 192 g/mol. The molecule has 0 aliphatic carbocycles. The van der Waals surface area contributed by atoms with E-state index in [0.717, 1.165) is 24.0 Å². The Bertz CT molecular complexity index is 307. The molecule has 1 rings (SSSR count). The van der Waals surface area contributed by atoms with Crippen LogP contribution in [-0.4, -0.2) is 5.12 Å². The summed E-state index contributed by atoms with van der Waals surface area (Å²) in [4.78, 5) is 11.2. The fraction of sp³-hybridized carbons (Fsp3) is 0.417. The van der Waals surface area contributed by atoms with E-state index in [2.05, 4.69) is 19.6 Å². The van der Waals surface area contributed by atoms with E-state index in [1.54, 1.807) is 0 Å². The molecule has 2 heteroatoms. The number of unbranched alkanes of at least 4 members (excludes halogenated alkanes) is 2. The Hall–Kier alpha value is -0.760. The minimum atomic E-state index is -0.128. The van der Waals surface area contributed by atoms with Crippen LogP contribution in [0.5, 0.6) is 0 Å². The van der Waals surface area contributed by atoms with Gasteiger partial charge in [0.1, 0.15) is 0 Å². The number of thiol groups is 1. The molecule has 0 fully saturated rings. The fourth-order valence-electron chi connectivity index (χ4n) is 1.51. The van der Waals surface area contributed by atoms with E-state index in [1.165, 1.54) is 12.8 Å². The number of carbonyl (C=O) groups is 1. The fourth-order valence-corrected chi connectivity index (χ4v) is 1.73. The Morgan fingerprint density at radius 2 is 2.00 bits per heavy atom. The normalized spacial score (nSPS) is 10.1. The molecule has 0 spiro atoms. The summed E-state index contributed by atoms with van der Waals surface area (Å²) in [5.74, 6) is 0. The van der Waals surface area contributed by atoms with Crippen molar-refractivity contribution in [2.45, 2.75) is 32.6 Å². The first-order valence-electron chi connectivity index (χ1n) is 5.07. The Balaban J connectivity index is 2.69. The summed E-state index contributed by atoms with van der Waals surface area (Å²) in [5.41, 5.74) is 1.88. The van der Waals surface area contributed by atoms with Crippen molar-refractivity contribution in [1.82, 2.24) is 0 Å². The Kier molecular flexibility index (Phi) is 4.74. The molecule has 0 aromatic heterocycles. The number of hydrogen-bond donors (Lipinski definition) is 1. The highest BCUT2D eigenvalue weighted by Gasteiger charge is 2.05. The Labute approximate surface area is 90.9 Å².